The predicted molar refractivity (Wildman–Crippen MR) is 59.5 cm³/mol. The zero-order valence-electron chi connectivity index (χ0n) is 8.49. The lowest BCUT2D eigenvalue weighted by molar-refractivity contribution is 0.0607. The third-order valence-electron chi connectivity index (χ3n) is 2.65. The van der Waals surface area contributed by atoms with E-state index in [0.29, 0.717) is 6.54 Å². The molecule has 1 aromatic heterocycles. The summed E-state index contributed by atoms with van der Waals surface area (Å²) in [5.41, 5.74) is -0.705. The molecule has 0 amide bonds. The molecule has 3 heteroatoms. The van der Waals surface area contributed by atoms with Crippen molar-refractivity contribution in [1.29, 1.82) is 0 Å². The first kappa shape index (κ1) is 10.1. The van der Waals surface area contributed by atoms with Crippen LogP contribution in [0.2, 0.25) is 0 Å². The highest BCUT2D eigenvalue weighted by molar-refractivity contribution is 7.10. The molecule has 1 heterocycles. The number of hydrogen-bond acceptors (Lipinski definition) is 3. The summed E-state index contributed by atoms with van der Waals surface area (Å²) in [5.74, 6) is 0.870. The normalized spacial score (nSPS) is 20.7. The van der Waals surface area contributed by atoms with Crippen LogP contribution in [0.1, 0.15) is 24.6 Å². The van der Waals surface area contributed by atoms with Gasteiger partial charge >= 0.3 is 0 Å². The second-order valence-electron chi connectivity index (χ2n) is 4.33. The van der Waals surface area contributed by atoms with Crippen molar-refractivity contribution in [2.45, 2.75) is 25.4 Å². The van der Waals surface area contributed by atoms with Gasteiger partial charge in [-0.3, -0.25) is 0 Å². The van der Waals surface area contributed by atoms with Crippen LogP contribution in [0.25, 0.3) is 0 Å². The van der Waals surface area contributed by atoms with Crippen LogP contribution in [-0.2, 0) is 5.60 Å². The quantitative estimate of drug-likeness (QED) is 0.780. The van der Waals surface area contributed by atoms with Crippen molar-refractivity contribution in [3.8, 4) is 0 Å². The van der Waals surface area contributed by atoms with Gasteiger partial charge in [0, 0.05) is 11.4 Å². The molecule has 1 unspecified atom stereocenters. The molecule has 2 rings (SSSR count). The van der Waals surface area contributed by atoms with Gasteiger partial charge in [-0.15, -0.1) is 11.3 Å². The standard InChI is InChI=1S/C11H17NOS/c1-11(13,10-3-2-6-14-10)8-12-7-9-4-5-9/h2-3,6,9,12-13H,4-5,7-8H2,1H3. The van der Waals surface area contributed by atoms with Gasteiger partial charge in [0.25, 0.3) is 0 Å². The minimum Gasteiger partial charge on any atom is -0.383 e. The van der Waals surface area contributed by atoms with Gasteiger partial charge in [0.2, 0.25) is 0 Å². The van der Waals surface area contributed by atoms with Gasteiger partial charge in [0.05, 0.1) is 0 Å². The molecule has 0 spiro atoms. The van der Waals surface area contributed by atoms with E-state index in [1.165, 1.54) is 12.8 Å². The summed E-state index contributed by atoms with van der Waals surface area (Å²) < 4.78 is 0. The van der Waals surface area contributed by atoms with Crippen molar-refractivity contribution >= 4 is 11.3 Å². The lowest BCUT2D eigenvalue weighted by Gasteiger charge is -2.22. The molecule has 78 valence electrons. The van der Waals surface area contributed by atoms with Gasteiger partial charge in [-0.1, -0.05) is 6.07 Å². The van der Waals surface area contributed by atoms with Crippen LogP contribution < -0.4 is 5.32 Å². The van der Waals surface area contributed by atoms with Gasteiger partial charge in [-0.2, -0.15) is 0 Å². The Bertz CT molecular complexity index is 277. The largest absolute Gasteiger partial charge is 0.383 e. The first-order valence-corrected chi connectivity index (χ1v) is 6.03. The summed E-state index contributed by atoms with van der Waals surface area (Å²) in [4.78, 5) is 1.04. The highest BCUT2D eigenvalue weighted by Crippen LogP contribution is 2.28. The fraction of sp³-hybridized carbons (Fsp3) is 0.636. The van der Waals surface area contributed by atoms with Crippen molar-refractivity contribution in [3.05, 3.63) is 22.4 Å². The van der Waals surface area contributed by atoms with Crippen LogP contribution in [-0.4, -0.2) is 18.2 Å². The Morgan fingerprint density at radius 1 is 1.64 bits per heavy atom. The Morgan fingerprint density at radius 2 is 2.43 bits per heavy atom. The third-order valence-corrected chi connectivity index (χ3v) is 3.77. The molecular formula is C11H17NOS. The Morgan fingerprint density at radius 3 is 3.00 bits per heavy atom. The number of hydrogen-bond donors (Lipinski definition) is 2. The third kappa shape index (κ3) is 2.56. The molecule has 0 saturated heterocycles. The number of thiophene rings is 1. The van der Waals surface area contributed by atoms with Gasteiger partial charge in [-0.05, 0) is 43.7 Å². The lowest BCUT2D eigenvalue weighted by atomic mass is 10.1. The van der Waals surface area contributed by atoms with E-state index >= 15 is 0 Å². The molecule has 0 bridgehead atoms. The van der Waals surface area contributed by atoms with E-state index in [1.807, 2.05) is 24.4 Å². The average Bonchev–Trinajstić information content (AvgIpc) is 2.80. The molecule has 0 radical (unpaired) electrons. The number of nitrogens with one attached hydrogen (secondary N) is 1. The Labute approximate surface area is 89.0 Å². The minimum absolute atomic E-state index is 0.657. The second kappa shape index (κ2) is 4.01. The molecule has 1 fully saturated rings. The molecule has 1 aliphatic carbocycles. The molecule has 1 aliphatic rings. The van der Waals surface area contributed by atoms with E-state index in [0.717, 1.165) is 17.3 Å². The maximum atomic E-state index is 10.2. The molecule has 1 saturated carbocycles. The lowest BCUT2D eigenvalue weighted by Crippen LogP contribution is -2.35. The zero-order chi connectivity index (χ0) is 10.0. The van der Waals surface area contributed by atoms with Crippen LogP contribution in [0.15, 0.2) is 17.5 Å². The van der Waals surface area contributed by atoms with Crippen molar-refractivity contribution < 1.29 is 5.11 Å². The zero-order valence-corrected chi connectivity index (χ0v) is 9.31. The summed E-state index contributed by atoms with van der Waals surface area (Å²) in [7, 11) is 0. The molecule has 2 N–H and O–H groups in total. The van der Waals surface area contributed by atoms with E-state index in [-0.39, 0.29) is 0 Å². The monoisotopic (exact) mass is 211 g/mol. The summed E-state index contributed by atoms with van der Waals surface area (Å²) in [6.45, 7) is 3.59. The van der Waals surface area contributed by atoms with Crippen molar-refractivity contribution in [1.82, 2.24) is 5.32 Å². The van der Waals surface area contributed by atoms with Gasteiger partial charge in [0.15, 0.2) is 0 Å². The molecular weight excluding hydrogens is 194 g/mol. The van der Waals surface area contributed by atoms with E-state index < -0.39 is 5.60 Å². The van der Waals surface area contributed by atoms with Crippen LogP contribution >= 0.6 is 11.3 Å². The molecule has 2 nitrogen and oxygen atoms in total. The molecule has 14 heavy (non-hydrogen) atoms. The number of rotatable bonds is 5. The van der Waals surface area contributed by atoms with Gasteiger partial charge in [0.1, 0.15) is 5.60 Å². The Balaban J connectivity index is 1.81. The van der Waals surface area contributed by atoms with E-state index in [9.17, 15) is 5.11 Å². The van der Waals surface area contributed by atoms with E-state index in [1.54, 1.807) is 11.3 Å². The summed E-state index contributed by atoms with van der Waals surface area (Å²) in [6, 6.07) is 3.97. The first-order valence-electron chi connectivity index (χ1n) is 5.15. The van der Waals surface area contributed by atoms with Crippen LogP contribution in [0.3, 0.4) is 0 Å². The van der Waals surface area contributed by atoms with E-state index in [2.05, 4.69) is 5.32 Å². The van der Waals surface area contributed by atoms with Crippen molar-refractivity contribution in [3.63, 3.8) is 0 Å². The van der Waals surface area contributed by atoms with Crippen molar-refractivity contribution in [2.24, 2.45) is 5.92 Å². The van der Waals surface area contributed by atoms with Crippen LogP contribution in [0.4, 0.5) is 0 Å². The topological polar surface area (TPSA) is 32.3 Å². The average molecular weight is 211 g/mol. The fourth-order valence-corrected chi connectivity index (χ4v) is 2.30. The SMILES string of the molecule is CC(O)(CNCC1CC1)c1cccs1. The first-order chi connectivity index (χ1) is 6.68. The molecule has 1 aromatic rings. The molecule has 0 aromatic carbocycles. The second-order valence-corrected chi connectivity index (χ2v) is 5.27. The summed E-state index contributed by atoms with van der Waals surface area (Å²) in [6.07, 6.45) is 2.71. The minimum atomic E-state index is -0.705. The summed E-state index contributed by atoms with van der Waals surface area (Å²) in [5, 5.41) is 15.5. The van der Waals surface area contributed by atoms with E-state index in [4.69, 9.17) is 0 Å². The maximum absolute atomic E-state index is 10.2. The number of aliphatic hydroxyl groups is 1. The Kier molecular flexibility index (Phi) is 2.91. The smallest absolute Gasteiger partial charge is 0.108 e. The van der Waals surface area contributed by atoms with Gasteiger partial charge in [-0.25, -0.2) is 0 Å². The molecule has 0 aliphatic heterocycles. The van der Waals surface area contributed by atoms with Crippen LogP contribution in [0.5, 0.6) is 0 Å². The highest BCUT2D eigenvalue weighted by Gasteiger charge is 2.26. The predicted octanol–water partition coefficient (Wildman–Crippen LogP) is 1.96. The highest BCUT2D eigenvalue weighted by atomic mass is 32.1. The maximum Gasteiger partial charge on any atom is 0.108 e. The van der Waals surface area contributed by atoms with Crippen LogP contribution in [0, 0.1) is 5.92 Å². The Hall–Kier alpha value is -0.380. The van der Waals surface area contributed by atoms with Crippen molar-refractivity contribution in [2.75, 3.05) is 13.1 Å². The fourth-order valence-electron chi connectivity index (χ4n) is 1.51. The summed E-state index contributed by atoms with van der Waals surface area (Å²) >= 11 is 1.61. The molecule has 1 atom stereocenters. The van der Waals surface area contributed by atoms with Gasteiger partial charge < -0.3 is 10.4 Å².